The number of carbonyl (C=O) groups excluding carboxylic acids is 3. The summed E-state index contributed by atoms with van der Waals surface area (Å²) in [5.74, 6) is -1.19. The lowest BCUT2D eigenvalue weighted by atomic mass is 10.2. The van der Waals surface area contributed by atoms with Crippen molar-refractivity contribution in [2.24, 2.45) is 5.73 Å². The molecule has 0 radical (unpaired) electrons. The van der Waals surface area contributed by atoms with Gasteiger partial charge in [0.1, 0.15) is 23.3 Å². The van der Waals surface area contributed by atoms with Gasteiger partial charge < -0.3 is 25.8 Å². The zero-order chi connectivity index (χ0) is 24.3. The van der Waals surface area contributed by atoms with E-state index in [1.165, 1.54) is 11.3 Å². The summed E-state index contributed by atoms with van der Waals surface area (Å²) in [5, 5.41) is 13.9. The number of ether oxygens (including phenoxy) is 2. The van der Waals surface area contributed by atoms with Crippen molar-refractivity contribution in [2.75, 3.05) is 13.1 Å². The van der Waals surface area contributed by atoms with Crippen molar-refractivity contribution in [1.82, 2.24) is 20.8 Å². The Hall–Kier alpha value is -3.05. The molecular formula is C22H31N5O5S. The number of nitrogens with two attached hydrogens (primary N) is 1. The number of hydrogen-bond acceptors (Lipinski definition) is 9. The van der Waals surface area contributed by atoms with Crippen molar-refractivity contribution in [2.45, 2.75) is 58.3 Å². The molecule has 4 N–H and O–H groups in total. The monoisotopic (exact) mass is 477 g/mol. The van der Waals surface area contributed by atoms with Crippen LogP contribution >= 0.6 is 11.3 Å². The molecule has 33 heavy (non-hydrogen) atoms. The van der Waals surface area contributed by atoms with Crippen LogP contribution in [0.4, 0.5) is 4.79 Å². The molecule has 0 aliphatic heterocycles. The van der Waals surface area contributed by atoms with Crippen LogP contribution in [0.2, 0.25) is 0 Å². The van der Waals surface area contributed by atoms with Crippen molar-refractivity contribution < 1.29 is 23.9 Å². The maximum absolute atomic E-state index is 12.6. The number of aromatic nitrogens is 2. The fourth-order valence-corrected chi connectivity index (χ4v) is 3.41. The number of nitrogens with one attached hydrogen (secondary N) is 2. The maximum Gasteiger partial charge on any atom is 0.408 e. The van der Waals surface area contributed by atoms with E-state index in [9.17, 15) is 14.4 Å². The molecule has 0 saturated heterocycles. The minimum Gasteiger partial charge on any atom is -0.458 e. The molecule has 0 aliphatic rings. The predicted octanol–water partition coefficient (Wildman–Crippen LogP) is 2.19. The van der Waals surface area contributed by atoms with E-state index in [4.69, 9.17) is 15.2 Å². The number of unbranched alkanes of at least 4 members (excludes halogenated alkanes) is 1. The summed E-state index contributed by atoms with van der Waals surface area (Å²) in [6.45, 7) is 5.57. The molecule has 0 unspecified atom stereocenters. The van der Waals surface area contributed by atoms with Crippen molar-refractivity contribution in [3.8, 4) is 0 Å². The van der Waals surface area contributed by atoms with Gasteiger partial charge in [-0.3, -0.25) is 4.79 Å². The zero-order valence-corrected chi connectivity index (χ0v) is 19.9. The lowest BCUT2D eigenvalue weighted by molar-refractivity contribution is -0.157. The number of esters is 1. The summed E-state index contributed by atoms with van der Waals surface area (Å²) in [5.41, 5.74) is 5.51. The highest BCUT2D eigenvalue weighted by molar-refractivity contribution is 7.13. The summed E-state index contributed by atoms with van der Waals surface area (Å²) in [7, 11) is 0. The molecule has 1 heterocycles. The van der Waals surface area contributed by atoms with Crippen LogP contribution in [-0.2, 0) is 27.3 Å². The van der Waals surface area contributed by atoms with Gasteiger partial charge in [-0.05, 0) is 45.7 Å². The molecule has 2 rings (SSSR count). The quantitative estimate of drug-likeness (QED) is 0.330. The first-order valence-electron chi connectivity index (χ1n) is 10.7. The van der Waals surface area contributed by atoms with Crippen molar-refractivity contribution >= 4 is 29.3 Å². The summed E-state index contributed by atoms with van der Waals surface area (Å²) in [6, 6.07) is 7.98. The third-order valence-electron chi connectivity index (χ3n) is 4.17. The molecule has 180 valence electrons. The van der Waals surface area contributed by atoms with Gasteiger partial charge in [0.05, 0.1) is 0 Å². The van der Waals surface area contributed by atoms with Gasteiger partial charge in [0.25, 0.3) is 5.91 Å². The largest absolute Gasteiger partial charge is 0.458 e. The lowest BCUT2D eigenvalue weighted by Crippen LogP contribution is -2.50. The number of carbonyl (C=O) groups is 3. The van der Waals surface area contributed by atoms with Crippen LogP contribution < -0.4 is 16.4 Å². The highest BCUT2D eigenvalue weighted by Crippen LogP contribution is 2.13. The first kappa shape index (κ1) is 26.2. The number of benzene rings is 1. The Labute approximate surface area is 197 Å². The fraction of sp³-hybridized carbons (Fsp3) is 0.500. The Morgan fingerprint density at radius 1 is 1.12 bits per heavy atom. The standard InChI is InChI=1S/C22H31N5O5S/c1-22(2,3)32-20(29)16(25-21(30)31-14-15-9-5-4-6-10-15)13-24-18(28)19-27-26-17(33-19)11-7-8-12-23/h4-6,9-10,16H,7-8,11-14,23H2,1-3H3,(H,24,28)(H,25,30)/t16-/m0/s1. The highest BCUT2D eigenvalue weighted by atomic mass is 32.1. The van der Waals surface area contributed by atoms with E-state index >= 15 is 0 Å². The number of rotatable bonds is 11. The molecule has 2 amide bonds. The van der Waals surface area contributed by atoms with Crippen LogP contribution in [0.25, 0.3) is 0 Å². The maximum atomic E-state index is 12.6. The van der Waals surface area contributed by atoms with E-state index < -0.39 is 29.6 Å². The third-order valence-corrected chi connectivity index (χ3v) is 5.15. The smallest absolute Gasteiger partial charge is 0.408 e. The van der Waals surface area contributed by atoms with Crippen molar-refractivity contribution in [1.29, 1.82) is 0 Å². The molecule has 0 saturated carbocycles. The van der Waals surface area contributed by atoms with Gasteiger partial charge in [0, 0.05) is 13.0 Å². The topological polar surface area (TPSA) is 146 Å². The minimum atomic E-state index is -1.15. The Morgan fingerprint density at radius 2 is 1.85 bits per heavy atom. The first-order valence-corrected chi connectivity index (χ1v) is 11.5. The van der Waals surface area contributed by atoms with Crippen LogP contribution in [0, 0.1) is 0 Å². The van der Waals surface area contributed by atoms with Crippen molar-refractivity contribution in [3.05, 3.63) is 45.9 Å². The van der Waals surface area contributed by atoms with Gasteiger partial charge in [0.2, 0.25) is 5.01 Å². The number of nitrogens with zero attached hydrogens (tertiary/aromatic N) is 2. The molecule has 2 aromatic rings. The van der Waals surface area contributed by atoms with E-state index in [1.54, 1.807) is 20.8 Å². The number of hydrogen-bond donors (Lipinski definition) is 3. The normalized spacial score (nSPS) is 12.0. The average molecular weight is 478 g/mol. The average Bonchev–Trinajstić information content (AvgIpc) is 3.23. The molecule has 0 aliphatic carbocycles. The Morgan fingerprint density at radius 3 is 2.52 bits per heavy atom. The summed E-state index contributed by atoms with van der Waals surface area (Å²) in [6.07, 6.45) is 1.62. The summed E-state index contributed by atoms with van der Waals surface area (Å²) < 4.78 is 10.5. The second-order valence-corrected chi connectivity index (χ2v) is 9.31. The molecule has 0 bridgehead atoms. The summed E-state index contributed by atoms with van der Waals surface area (Å²) in [4.78, 5) is 37.3. The molecule has 1 atom stereocenters. The van der Waals surface area contributed by atoms with Gasteiger partial charge in [-0.25, -0.2) is 9.59 Å². The van der Waals surface area contributed by atoms with Crippen LogP contribution in [0.1, 0.15) is 54.0 Å². The van der Waals surface area contributed by atoms with E-state index in [-0.39, 0.29) is 18.2 Å². The number of alkyl carbamates (subject to hydrolysis) is 1. The lowest BCUT2D eigenvalue weighted by Gasteiger charge is -2.24. The van der Waals surface area contributed by atoms with E-state index in [2.05, 4.69) is 20.8 Å². The van der Waals surface area contributed by atoms with Gasteiger partial charge in [-0.1, -0.05) is 41.7 Å². The van der Waals surface area contributed by atoms with Crippen LogP contribution in [0.5, 0.6) is 0 Å². The predicted molar refractivity (Wildman–Crippen MR) is 124 cm³/mol. The molecular weight excluding hydrogens is 446 g/mol. The van der Waals surface area contributed by atoms with Gasteiger partial charge in [-0.2, -0.15) is 0 Å². The zero-order valence-electron chi connectivity index (χ0n) is 19.1. The summed E-state index contributed by atoms with van der Waals surface area (Å²) >= 11 is 1.18. The fourth-order valence-electron chi connectivity index (χ4n) is 2.61. The molecule has 1 aromatic heterocycles. The molecule has 1 aromatic carbocycles. The van der Waals surface area contributed by atoms with E-state index in [0.29, 0.717) is 13.0 Å². The SMILES string of the molecule is CC(C)(C)OC(=O)[C@H](CNC(=O)c1nnc(CCCCN)s1)NC(=O)OCc1ccccc1. The second-order valence-electron chi connectivity index (χ2n) is 8.25. The molecule has 0 spiro atoms. The molecule has 0 fully saturated rings. The molecule has 10 nitrogen and oxygen atoms in total. The number of aryl methyl sites for hydroxylation is 1. The van der Waals surface area contributed by atoms with Gasteiger partial charge in [-0.15, -0.1) is 10.2 Å². The number of amides is 2. The Bertz CT molecular complexity index is 913. The van der Waals surface area contributed by atoms with Crippen LogP contribution in [0.3, 0.4) is 0 Å². The minimum absolute atomic E-state index is 0.0395. The highest BCUT2D eigenvalue weighted by Gasteiger charge is 2.28. The van der Waals surface area contributed by atoms with Gasteiger partial charge in [0.15, 0.2) is 0 Å². The molecule has 11 heteroatoms. The van der Waals surface area contributed by atoms with Crippen LogP contribution in [0.15, 0.2) is 30.3 Å². The first-order chi connectivity index (χ1) is 15.7. The van der Waals surface area contributed by atoms with Crippen molar-refractivity contribution in [3.63, 3.8) is 0 Å². The Balaban J connectivity index is 1.94. The Kier molecular flexibility index (Phi) is 10.2. The second kappa shape index (κ2) is 12.9. The van der Waals surface area contributed by atoms with E-state index in [1.807, 2.05) is 30.3 Å². The van der Waals surface area contributed by atoms with E-state index in [0.717, 1.165) is 23.4 Å². The van der Waals surface area contributed by atoms with Crippen LogP contribution in [-0.4, -0.2) is 52.9 Å². The third kappa shape index (κ3) is 9.96. The van der Waals surface area contributed by atoms with Gasteiger partial charge >= 0.3 is 12.1 Å².